The lowest BCUT2D eigenvalue weighted by atomic mass is 9.92. The van der Waals surface area contributed by atoms with E-state index in [2.05, 4.69) is 39.6 Å². The van der Waals surface area contributed by atoms with Crippen molar-refractivity contribution in [2.75, 3.05) is 13.1 Å². The molecule has 6 rings (SSSR count). The predicted molar refractivity (Wildman–Crippen MR) is 105 cm³/mol. The summed E-state index contributed by atoms with van der Waals surface area (Å²) in [5.74, 6) is -0.452. The highest BCUT2D eigenvalue weighted by molar-refractivity contribution is 6.04. The fourth-order valence-corrected chi connectivity index (χ4v) is 4.36. The molecule has 0 saturated carbocycles. The van der Waals surface area contributed by atoms with Gasteiger partial charge in [0.15, 0.2) is 0 Å². The first-order chi connectivity index (χ1) is 13.2. The first-order valence-corrected chi connectivity index (χ1v) is 9.52. The van der Waals surface area contributed by atoms with E-state index in [1.54, 1.807) is 6.07 Å². The zero-order valence-electron chi connectivity index (χ0n) is 15.1. The Morgan fingerprint density at radius 1 is 1.19 bits per heavy atom. The number of nitrogens with zero attached hydrogens (tertiary/aromatic N) is 3. The average Bonchev–Trinajstić information content (AvgIpc) is 3.13. The Morgan fingerprint density at radius 3 is 2.70 bits per heavy atom. The maximum Gasteiger partial charge on any atom is 0.250 e. The number of carbonyl (C=O) groups excluding carboxylic acids is 1. The third-order valence-corrected chi connectivity index (χ3v) is 5.85. The Hall–Kier alpha value is -2.70. The second-order valence-electron chi connectivity index (χ2n) is 7.61. The number of benzene rings is 2. The van der Waals surface area contributed by atoms with Gasteiger partial charge in [-0.25, -0.2) is 4.68 Å². The molecule has 0 radical (unpaired) electrons. The number of primary amides is 1. The summed E-state index contributed by atoms with van der Waals surface area (Å²) in [6, 6.07) is 15.3. The Balaban J connectivity index is 1.38. The van der Waals surface area contributed by atoms with Crippen LogP contribution in [0.4, 0.5) is 0 Å². The number of nitrogens with two attached hydrogens (primary N) is 1. The summed E-state index contributed by atoms with van der Waals surface area (Å²) in [6.45, 7) is 3.26. The second kappa shape index (κ2) is 6.48. The summed E-state index contributed by atoms with van der Waals surface area (Å²) in [6.07, 6.45) is 4.55. The van der Waals surface area contributed by atoms with Gasteiger partial charge in [0, 0.05) is 43.3 Å². The molecular weight excluding hydrogens is 338 g/mol. The third-order valence-electron chi connectivity index (χ3n) is 5.85. The molecule has 0 aliphatic carbocycles. The van der Waals surface area contributed by atoms with Crippen molar-refractivity contribution in [1.29, 1.82) is 0 Å². The van der Waals surface area contributed by atoms with Crippen LogP contribution in [0.5, 0.6) is 0 Å². The zero-order valence-corrected chi connectivity index (χ0v) is 15.1. The van der Waals surface area contributed by atoms with Crippen molar-refractivity contribution < 1.29 is 4.79 Å². The van der Waals surface area contributed by atoms with E-state index in [1.165, 1.54) is 18.4 Å². The van der Waals surface area contributed by atoms with Gasteiger partial charge in [0.1, 0.15) is 5.52 Å². The van der Waals surface area contributed by atoms with E-state index >= 15 is 0 Å². The number of rotatable bonds is 4. The van der Waals surface area contributed by atoms with Crippen LogP contribution in [-0.4, -0.2) is 45.8 Å². The molecule has 6 heteroatoms. The van der Waals surface area contributed by atoms with Crippen LogP contribution in [0.3, 0.4) is 0 Å². The van der Waals surface area contributed by atoms with Gasteiger partial charge in [0.05, 0.1) is 11.3 Å². The highest BCUT2D eigenvalue weighted by atomic mass is 16.1. The maximum atomic E-state index is 11.6. The Labute approximate surface area is 157 Å². The number of fused-ring (bicyclic) bond motifs is 4. The lowest BCUT2D eigenvalue weighted by molar-refractivity contribution is 0.0685. The number of amides is 1. The molecule has 4 heterocycles. The van der Waals surface area contributed by atoms with Crippen molar-refractivity contribution in [2.45, 2.75) is 31.5 Å². The molecule has 6 nitrogen and oxygen atoms in total. The van der Waals surface area contributed by atoms with E-state index in [-0.39, 0.29) is 0 Å². The molecule has 3 saturated heterocycles. The van der Waals surface area contributed by atoms with E-state index in [4.69, 9.17) is 5.73 Å². The lowest BCUT2D eigenvalue weighted by Gasteiger charge is -2.46. The van der Waals surface area contributed by atoms with Crippen molar-refractivity contribution in [3.8, 4) is 5.69 Å². The molecule has 1 amide bonds. The molecule has 2 bridgehead atoms. The smallest absolute Gasteiger partial charge is 0.250 e. The van der Waals surface area contributed by atoms with E-state index in [1.807, 2.05) is 23.0 Å². The highest BCUT2D eigenvalue weighted by Crippen LogP contribution is 2.25. The van der Waals surface area contributed by atoms with Gasteiger partial charge < -0.3 is 11.1 Å². The minimum absolute atomic E-state index is 0.452. The summed E-state index contributed by atoms with van der Waals surface area (Å²) in [5, 5.41) is 9.09. The van der Waals surface area contributed by atoms with E-state index in [0.29, 0.717) is 23.2 Å². The van der Waals surface area contributed by atoms with Crippen molar-refractivity contribution in [1.82, 2.24) is 20.0 Å². The molecule has 3 N–H and O–H groups in total. The fraction of sp³-hybridized carbons (Fsp3) is 0.333. The second-order valence-corrected chi connectivity index (χ2v) is 7.61. The van der Waals surface area contributed by atoms with Crippen LogP contribution in [0.2, 0.25) is 0 Å². The minimum Gasteiger partial charge on any atom is -0.366 e. The number of hydrogen-bond acceptors (Lipinski definition) is 4. The van der Waals surface area contributed by atoms with Crippen molar-refractivity contribution >= 4 is 16.8 Å². The van der Waals surface area contributed by atoms with Gasteiger partial charge in [-0.3, -0.25) is 9.69 Å². The summed E-state index contributed by atoms with van der Waals surface area (Å²) >= 11 is 0. The largest absolute Gasteiger partial charge is 0.366 e. The first kappa shape index (κ1) is 16.5. The van der Waals surface area contributed by atoms with Crippen LogP contribution < -0.4 is 11.1 Å². The number of aromatic nitrogens is 2. The predicted octanol–water partition coefficient (Wildman–Crippen LogP) is 2.06. The van der Waals surface area contributed by atoms with Gasteiger partial charge in [-0.1, -0.05) is 24.3 Å². The van der Waals surface area contributed by atoms with Crippen molar-refractivity contribution in [2.24, 2.45) is 5.73 Å². The Morgan fingerprint density at radius 2 is 2.04 bits per heavy atom. The molecule has 2 unspecified atom stereocenters. The molecule has 3 aromatic rings. The molecule has 2 atom stereocenters. The summed E-state index contributed by atoms with van der Waals surface area (Å²) in [4.78, 5) is 14.2. The monoisotopic (exact) mass is 361 g/mol. The lowest BCUT2D eigenvalue weighted by Crippen LogP contribution is -2.60. The normalized spacial score (nSPS) is 22.4. The van der Waals surface area contributed by atoms with Crippen LogP contribution >= 0.6 is 0 Å². The third kappa shape index (κ3) is 3.01. The highest BCUT2D eigenvalue weighted by Gasteiger charge is 2.32. The molecule has 3 aliphatic rings. The molecule has 0 spiro atoms. The number of piperazine rings is 1. The molecule has 1 aromatic heterocycles. The number of carbonyl (C=O) groups is 1. The number of hydrogen-bond donors (Lipinski definition) is 2. The van der Waals surface area contributed by atoms with Crippen LogP contribution in [0, 0.1) is 0 Å². The Bertz CT molecular complexity index is 985. The van der Waals surface area contributed by atoms with Gasteiger partial charge >= 0.3 is 0 Å². The fourth-order valence-electron chi connectivity index (χ4n) is 4.36. The van der Waals surface area contributed by atoms with E-state index in [9.17, 15) is 4.79 Å². The maximum absolute atomic E-state index is 11.6. The molecule has 2 aromatic carbocycles. The molecule has 3 aliphatic heterocycles. The standard InChI is InChI=1S/C21H23N5O/c22-21(27)19-3-1-2-15-12-26(24-20(15)19)17-7-4-14(5-8-17)11-25-13-16-6-9-18(25)10-23-16/h1-5,7-8,12,16,18,23H,6,9-11,13H2,(H2,22,27). The first-order valence-electron chi connectivity index (χ1n) is 9.52. The van der Waals surface area contributed by atoms with Crippen molar-refractivity contribution in [3.05, 3.63) is 59.8 Å². The summed E-state index contributed by atoms with van der Waals surface area (Å²) in [5.41, 5.74) is 8.86. The Kier molecular flexibility index (Phi) is 3.95. The van der Waals surface area contributed by atoms with Gasteiger partial charge in [-0.15, -0.1) is 0 Å². The molecule has 138 valence electrons. The number of piperidine rings is 2. The topological polar surface area (TPSA) is 76.2 Å². The number of nitrogens with one attached hydrogen (secondary N) is 1. The van der Waals surface area contributed by atoms with Crippen LogP contribution in [0.1, 0.15) is 28.8 Å². The molecule has 3 fully saturated rings. The summed E-state index contributed by atoms with van der Waals surface area (Å²) < 4.78 is 1.81. The zero-order chi connectivity index (χ0) is 18.4. The summed E-state index contributed by atoms with van der Waals surface area (Å²) in [7, 11) is 0. The quantitative estimate of drug-likeness (QED) is 0.746. The van der Waals surface area contributed by atoms with Crippen LogP contribution in [0.15, 0.2) is 48.7 Å². The van der Waals surface area contributed by atoms with Gasteiger partial charge in [-0.2, -0.15) is 5.10 Å². The minimum atomic E-state index is -0.452. The SMILES string of the molecule is NC(=O)c1cccc2cn(-c3ccc(CN4CC5CCC4CN5)cc3)nc12. The van der Waals surface area contributed by atoms with Crippen LogP contribution in [-0.2, 0) is 6.54 Å². The molecular formula is C21H23N5O. The average molecular weight is 361 g/mol. The van der Waals surface area contributed by atoms with Gasteiger partial charge in [-0.05, 0) is 36.6 Å². The van der Waals surface area contributed by atoms with Gasteiger partial charge in [0.25, 0.3) is 5.91 Å². The van der Waals surface area contributed by atoms with Gasteiger partial charge in [0.2, 0.25) is 0 Å². The van der Waals surface area contributed by atoms with E-state index < -0.39 is 5.91 Å². The van der Waals surface area contributed by atoms with Crippen LogP contribution in [0.25, 0.3) is 16.6 Å². The van der Waals surface area contributed by atoms with Crippen molar-refractivity contribution in [3.63, 3.8) is 0 Å². The molecule has 27 heavy (non-hydrogen) atoms. The van der Waals surface area contributed by atoms with E-state index in [0.717, 1.165) is 30.7 Å².